The van der Waals surface area contributed by atoms with Crippen LogP contribution in [-0.4, -0.2) is 17.0 Å². The Balaban J connectivity index is 2.94. The quantitative estimate of drug-likeness (QED) is 0.842. The molecule has 0 saturated carbocycles. The third kappa shape index (κ3) is 3.40. The first-order chi connectivity index (χ1) is 7.50. The highest BCUT2D eigenvalue weighted by Gasteiger charge is 2.05. The Hall–Kier alpha value is -1.81. The number of aromatic carboxylic acids is 1. The number of carboxylic acids is 1. The molecule has 0 radical (unpaired) electrons. The maximum Gasteiger partial charge on any atom is 0.335 e. The molecule has 0 atom stereocenters. The number of hydrogen-bond acceptors (Lipinski definition) is 2. The summed E-state index contributed by atoms with van der Waals surface area (Å²) in [5.41, 5.74) is 5.64. The van der Waals surface area contributed by atoms with Gasteiger partial charge in [-0.2, -0.15) is 0 Å². The van der Waals surface area contributed by atoms with Gasteiger partial charge in [-0.25, -0.2) is 4.79 Å². The molecule has 16 heavy (non-hydrogen) atoms. The molecule has 0 aliphatic carbocycles. The van der Waals surface area contributed by atoms with Crippen molar-refractivity contribution >= 4 is 29.6 Å². The Bertz CT molecular complexity index is 455. The van der Waals surface area contributed by atoms with Gasteiger partial charge in [0.25, 0.3) is 0 Å². The fourth-order valence-corrected chi connectivity index (χ4v) is 1.29. The summed E-state index contributed by atoms with van der Waals surface area (Å²) in [6.45, 7) is 0. The van der Waals surface area contributed by atoms with Gasteiger partial charge in [0.2, 0.25) is 5.91 Å². The molecule has 0 aromatic heterocycles. The minimum absolute atomic E-state index is 0.0909. The molecule has 4 nitrogen and oxygen atoms in total. The summed E-state index contributed by atoms with van der Waals surface area (Å²) in [6, 6.07) is 4.34. The van der Waals surface area contributed by atoms with Crippen LogP contribution >= 0.6 is 11.6 Å². The second-order valence-electron chi connectivity index (χ2n) is 3.11. The van der Waals surface area contributed by atoms with Crippen LogP contribution in [-0.2, 0) is 4.79 Å². The summed E-state index contributed by atoms with van der Waals surface area (Å²) >= 11 is 5.86. The van der Waals surface area contributed by atoms with E-state index in [0.717, 1.165) is 0 Å². The molecule has 0 saturated heterocycles. The molecule has 3 N–H and O–H groups in total. The number of rotatable bonds is 4. The van der Waals surface area contributed by atoms with E-state index in [1.807, 2.05) is 0 Å². The SMILES string of the molecule is NC(=O)CC=Cc1cc(C(=O)O)ccc1Cl. The molecule has 84 valence electrons. The Morgan fingerprint density at radius 3 is 2.69 bits per heavy atom. The standard InChI is InChI=1S/C11H10ClNO3/c12-9-5-4-8(11(15)16)6-7(9)2-1-3-10(13)14/h1-2,4-6H,3H2,(H2,13,14)(H,15,16). The molecule has 0 heterocycles. The number of amides is 1. The third-order valence-corrected chi connectivity index (χ3v) is 2.20. The Labute approximate surface area is 97.3 Å². The van der Waals surface area contributed by atoms with Crippen molar-refractivity contribution in [2.45, 2.75) is 6.42 Å². The Kier molecular flexibility index (Phi) is 4.08. The number of carbonyl (C=O) groups is 2. The minimum Gasteiger partial charge on any atom is -0.478 e. The lowest BCUT2D eigenvalue weighted by molar-refractivity contribution is -0.117. The number of carbonyl (C=O) groups excluding carboxylic acids is 1. The summed E-state index contributed by atoms with van der Waals surface area (Å²) in [5.74, 6) is -1.48. The van der Waals surface area contributed by atoms with E-state index >= 15 is 0 Å². The highest BCUT2D eigenvalue weighted by molar-refractivity contribution is 6.32. The van der Waals surface area contributed by atoms with Crippen molar-refractivity contribution in [3.8, 4) is 0 Å². The van der Waals surface area contributed by atoms with Gasteiger partial charge in [0.05, 0.1) is 5.56 Å². The van der Waals surface area contributed by atoms with E-state index in [9.17, 15) is 9.59 Å². The van der Waals surface area contributed by atoms with E-state index in [1.165, 1.54) is 24.3 Å². The zero-order valence-electron chi connectivity index (χ0n) is 8.31. The van der Waals surface area contributed by atoms with Crippen LogP contribution in [0.5, 0.6) is 0 Å². The molecule has 0 aliphatic heterocycles. The van der Waals surface area contributed by atoms with Gasteiger partial charge in [-0.15, -0.1) is 0 Å². The lowest BCUT2D eigenvalue weighted by atomic mass is 10.1. The molecule has 0 bridgehead atoms. The van der Waals surface area contributed by atoms with Crippen molar-refractivity contribution in [2.24, 2.45) is 5.73 Å². The highest BCUT2D eigenvalue weighted by atomic mass is 35.5. The summed E-state index contributed by atoms with van der Waals surface area (Å²) in [7, 11) is 0. The molecule has 0 aliphatic rings. The van der Waals surface area contributed by atoms with Gasteiger partial charge in [0, 0.05) is 11.4 Å². The van der Waals surface area contributed by atoms with Crippen molar-refractivity contribution in [1.29, 1.82) is 0 Å². The van der Waals surface area contributed by atoms with E-state index in [-0.39, 0.29) is 12.0 Å². The average molecular weight is 240 g/mol. The van der Waals surface area contributed by atoms with Gasteiger partial charge in [-0.3, -0.25) is 4.79 Å². The number of halogens is 1. The van der Waals surface area contributed by atoms with Crippen LogP contribution < -0.4 is 5.73 Å². The highest BCUT2D eigenvalue weighted by Crippen LogP contribution is 2.19. The van der Waals surface area contributed by atoms with Crippen molar-refractivity contribution < 1.29 is 14.7 Å². The molecule has 5 heteroatoms. The summed E-state index contributed by atoms with van der Waals surface area (Å²) in [6.07, 6.45) is 3.20. The van der Waals surface area contributed by atoms with E-state index < -0.39 is 11.9 Å². The van der Waals surface area contributed by atoms with Crippen molar-refractivity contribution in [3.63, 3.8) is 0 Å². The summed E-state index contributed by atoms with van der Waals surface area (Å²) in [4.78, 5) is 21.2. The zero-order valence-corrected chi connectivity index (χ0v) is 9.07. The summed E-state index contributed by atoms with van der Waals surface area (Å²) in [5, 5.41) is 9.19. The van der Waals surface area contributed by atoms with Gasteiger partial charge >= 0.3 is 5.97 Å². The lowest BCUT2D eigenvalue weighted by Gasteiger charge is -2.00. The number of nitrogens with two attached hydrogens (primary N) is 1. The first kappa shape index (κ1) is 12.3. The van der Waals surface area contributed by atoms with Crippen LogP contribution in [0.2, 0.25) is 5.02 Å². The maximum atomic E-state index is 10.7. The fourth-order valence-electron chi connectivity index (χ4n) is 1.11. The normalized spacial score (nSPS) is 10.6. The van der Waals surface area contributed by atoms with E-state index in [1.54, 1.807) is 6.08 Å². The minimum atomic E-state index is -1.03. The van der Waals surface area contributed by atoms with Gasteiger partial charge in [0.1, 0.15) is 0 Å². The molecular formula is C11H10ClNO3. The predicted molar refractivity (Wildman–Crippen MR) is 61.3 cm³/mol. The van der Waals surface area contributed by atoms with Crippen LogP contribution in [0.4, 0.5) is 0 Å². The number of hydrogen-bond donors (Lipinski definition) is 2. The van der Waals surface area contributed by atoms with E-state index in [2.05, 4.69) is 0 Å². The lowest BCUT2D eigenvalue weighted by Crippen LogP contribution is -2.07. The summed E-state index contributed by atoms with van der Waals surface area (Å²) < 4.78 is 0. The zero-order chi connectivity index (χ0) is 12.1. The number of benzene rings is 1. The first-order valence-electron chi connectivity index (χ1n) is 4.48. The van der Waals surface area contributed by atoms with Gasteiger partial charge in [-0.05, 0) is 23.8 Å². The van der Waals surface area contributed by atoms with Crippen LogP contribution in [0.3, 0.4) is 0 Å². The maximum absolute atomic E-state index is 10.7. The molecule has 1 amide bonds. The topological polar surface area (TPSA) is 80.4 Å². The van der Waals surface area contributed by atoms with Crippen LogP contribution in [0, 0.1) is 0 Å². The predicted octanol–water partition coefficient (Wildman–Crippen LogP) is 1.93. The third-order valence-electron chi connectivity index (χ3n) is 1.86. The number of carboxylic acid groups (broad SMARTS) is 1. The van der Waals surface area contributed by atoms with Gasteiger partial charge < -0.3 is 10.8 Å². The first-order valence-corrected chi connectivity index (χ1v) is 4.86. The Morgan fingerprint density at radius 2 is 2.12 bits per heavy atom. The smallest absolute Gasteiger partial charge is 0.335 e. The van der Waals surface area contributed by atoms with Gasteiger partial charge in [0.15, 0.2) is 0 Å². The molecular weight excluding hydrogens is 230 g/mol. The van der Waals surface area contributed by atoms with E-state index in [4.69, 9.17) is 22.4 Å². The molecule has 0 fully saturated rings. The fraction of sp³-hybridized carbons (Fsp3) is 0.0909. The second-order valence-corrected chi connectivity index (χ2v) is 3.52. The molecule has 0 spiro atoms. The number of primary amides is 1. The van der Waals surface area contributed by atoms with Crippen molar-refractivity contribution in [2.75, 3.05) is 0 Å². The van der Waals surface area contributed by atoms with Crippen molar-refractivity contribution in [1.82, 2.24) is 0 Å². The average Bonchev–Trinajstić information content (AvgIpc) is 2.20. The second kappa shape index (κ2) is 5.32. The molecule has 1 aromatic rings. The van der Waals surface area contributed by atoms with Crippen LogP contribution in [0.25, 0.3) is 6.08 Å². The Morgan fingerprint density at radius 1 is 1.44 bits per heavy atom. The molecule has 1 aromatic carbocycles. The van der Waals surface area contributed by atoms with Crippen molar-refractivity contribution in [3.05, 3.63) is 40.4 Å². The van der Waals surface area contributed by atoms with Gasteiger partial charge in [-0.1, -0.05) is 23.8 Å². The van der Waals surface area contributed by atoms with Crippen LogP contribution in [0.1, 0.15) is 22.3 Å². The largest absolute Gasteiger partial charge is 0.478 e. The molecule has 1 rings (SSSR count). The monoisotopic (exact) mass is 239 g/mol. The molecule has 0 unspecified atom stereocenters. The van der Waals surface area contributed by atoms with E-state index in [0.29, 0.717) is 10.6 Å². The van der Waals surface area contributed by atoms with Crippen LogP contribution in [0.15, 0.2) is 24.3 Å².